The van der Waals surface area contributed by atoms with Crippen molar-refractivity contribution in [1.29, 1.82) is 0 Å². The number of piperidine rings is 1. The van der Waals surface area contributed by atoms with Crippen LogP contribution in [0.5, 0.6) is 5.75 Å². The van der Waals surface area contributed by atoms with Crippen molar-refractivity contribution in [3.05, 3.63) is 29.8 Å². The lowest BCUT2D eigenvalue weighted by atomic mass is 9.78. The Morgan fingerprint density at radius 2 is 1.97 bits per heavy atom. The van der Waals surface area contributed by atoms with Crippen LogP contribution >= 0.6 is 12.2 Å². The molecule has 3 aliphatic heterocycles. The minimum absolute atomic E-state index is 0.0803. The number of rotatable bonds is 5. The summed E-state index contributed by atoms with van der Waals surface area (Å²) in [5.41, 5.74) is 1.33. The molecule has 3 heterocycles. The molecular weight excluding hydrogens is 398 g/mol. The zero-order chi connectivity index (χ0) is 21.0. The highest BCUT2D eigenvalue weighted by Gasteiger charge is 2.42. The molecule has 1 aromatic rings. The molecule has 3 saturated heterocycles. The molecule has 0 aromatic heterocycles. The fourth-order valence-electron chi connectivity index (χ4n) is 4.81. The molecule has 30 heavy (non-hydrogen) atoms. The summed E-state index contributed by atoms with van der Waals surface area (Å²) in [5.74, 6) is 0.867. The smallest absolute Gasteiger partial charge is 0.260 e. The Balaban J connectivity index is 1.20. The summed E-state index contributed by atoms with van der Waals surface area (Å²) < 4.78 is 11.4. The molecule has 0 saturated carbocycles. The number of carbonyl (C=O) groups excluding carboxylic acids is 1. The first-order valence-corrected chi connectivity index (χ1v) is 11.6. The highest BCUT2D eigenvalue weighted by Crippen LogP contribution is 2.40. The highest BCUT2D eigenvalue weighted by molar-refractivity contribution is 7.80. The maximum absolute atomic E-state index is 12.6. The summed E-state index contributed by atoms with van der Waals surface area (Å²) in [6.45, 7) is 7.40. The number of ether oxygens (including phenoxy) is 2. The van der Waals surface area contributed by atoms with Crippen molar-refractivity contribution in [2.45, 2.75) is 45.1 Å². The van der Waals surface area contributed by atoms with Crippen LogP contribution in [0.3, 0.4) is 0 Å². The Morgan fingerprint density at radius 1 is 1.23 bits per heavy atom. The van der Waals surface area contributed by atoms with Crippen LogP contribution in [0.4, 0.5) is 0 Å². The fourth-order valence-corrected chi connectivity index (χ4v) is 5.05. The minimum atomic E-state index is 0.0803. The Labute approximate surface area is 184 Å². The molecular formula is C23H33N3O3S. The van der Waals surface area contributed by atoms with Gasteiger partial charge in [-0.1, -0.05) is 18.2 Å². The Bertz CT molecular complexity index is 758. The van der Waals surface area contributed by atoms with Gasteiger partial charge in [0.2, 0.25) is 0 Å². The minimum Gasteiger partial charge on any atom is -0.484 e. The third-order valence-corrected chi connectivity index (χ3v) is 7.25. The van der Waals surface area contributed by atoms with E-state index in [0.717, 1.165) is 87.9 Å². The SMILES string of the molecule is Cc1ccccc1OCC(=O)N1CCC2(CC1)CCN(C(=S)NCC1CCCO1)C2. The van der Waals surface area contributed by atoms with Gasteiger partial charge < -0.3 is 24.6 Å². The van der Waals surface area contributed by atoms with Crippen LogP contribution < -0.4 is 10.1 Å². The van der Waals surface area contributed by atoms with E-state index in [4.69, 9.17) is 21.7 Å². The van der Waals surface area contributed by atoms with Gasteiger partial charge in [-0.2, -0.15) is 0 Å². The lowest BCUT2D eigenvalue weighted by molar-refractivity contribution is -0.135. The first-order valence-electron chi connectivity index (χ1n) is 11.2. The number of likely N-dealkylation sites (tertiary alicyclic amines) is 2. The van der Waals surface area contributed by atoms with E-state index in [0.29, 0.717) is 6.10 Å². The van der Waals surface area contributed by atoms with Crippen molar-refractivity contribution < 1.29 is 14.3 Å². The number of hydrogen-bond acceptors (Lipinski definition) is 4. The maximum Gasteiger partial charge on any atom is 0.260 e. The second kappa shape index (κ2) is 9.52. The third kappa shape index (κ3) is 5.06. The molecule has 1 atom stereocenters. The van der Waals surface area contributed by atoms with Gasteiger partial charge in [0, 0.05) is 39.3 Å². The van der Waals surface area contributed by atoms with Gasteiger partial charge in [-0.3, -0.25) is 4.79 Å². The fraction of sp³-hybridized carbons (Fsp3) is 0.652. The molecule has 0 aliphatic carbocycles. The molecule has 1 unspecified atom stereocenters. The van der Waals surface area contributed by atoms with E-state index in [9.17, 15) is 4.79 Å². The van der Waals surface area contributed by atoms with E-state index in [2.05, 4.69) is 10.2 Å². The Morgan fingerprint density at radius 3 is 2.67 bits per heavy atom. The zero-order valence-corrected chi connectivity index (χ0v) is 18.7. The van der Waals surface area contributed by atoms with Gasteiger partial charge in [-0.15, -0.1) is 0 Å². The van der Waals surface area contributed by atoms with Gasteiger partial charge in [-0.05, 0) is 68.3 Å². The van der Waals surface area contributed by atoms with E-state index >= 15 is 0 Å². The van der Waals surface area contributed by atoms with Crippen LogP contribution in [0.15, 0.2) is 24.3 Å². The molecule has 164 valence electrons. The number of para-hydroxylation sites is 1. The van der Waals surface area contributed by atoms with Crippen LogP contribution in [0.1, 0.15) is 37.7 Å². The van der Waals surface area contributed by atoms with Crippen molar-refractivity contribution in [2.24, 2.45) is 5.41 Å². The van der Waals surface area contributed by atoms with Crippen LogP contribution in [0.25, 0.3) is 0 Å². The first kappa shape index (κ1) is 21.4. The standard InChI is InChI=1S/C23H33N3O3S/c1-18-5-2-3-7-20(18)29-16-21(27)25-11-8-23(9-12-25)10-13-26(17-23)22(30)24-15-19-6-4-14-28-19/h2-3,5,7,19H,4,6,8-17H2,1H3,(H,24,30). The van der Waals surface area contributed by atoms with Gasteiger partial charge in [-0.25, -0.2) is 0 Å². The Kier molecular flexibility index (Phi) is 6.78. The van der Waals surface area contributed by atoms with Gasteiger partial charge in [0.1, 0.15) is 5.75 Å². The van der Waals surface area contributed by atoms with E-state index in [-0.39, 0.29) is 17.9 Å². The van der Waals surface area contributed by atoms with Crippen LogP contribution in [0, 0.1) is 12.3 Å². The number of thiocarbonyl (C=S) groups is 1. The van der Waals surface area contributed by atoms with Crippen molar-refractivity contribution in [3.63, 3.8) is 0 Å². The molecule has 4 rings (SSSR count). The van der Waals surface area contributed by atoms with Crippen LogP contribution in [0.2, 0.25) is 0 Å². The van der Waals surface area contributed by atoms with Gasteiger partial charge >= 0.3 is 0 Å². The topological polar surface area (TPSA) is 54.0 Å². The molecule has 0 radical (unpaired) electrons. The summed E-state index contributed by atoms with van der Waals surface area (Å²) in [6, 6.07) is 7.82. The molecule has 3 fully saturated rings. The first-order chi connectivity index (χ1) is 14.5. The van der Waals surface area contributed by atoms with Crippen molar-refractivity contribution in [2.75, 3.05) is 45.9 Å². The monoisotopic (exact) mass is 431 g/mol. The largest absolute Gasteiger partial charge is 0.484 e. The number of nitrogens with one attached hydrogen (secondary N) is 1. The summed E-state index contributed by atoms with van der Waals surface area (Å²) in [4.78, 5) is 16.9. The second-order valence-electron chi connectivity index (χ2n) is 8.93. The summed E-state index contributed by atoms with van der Waals surface area (Å²) in [6.07, 6.45) is 5.79. The van der Waals surface area contributed by atoms with E-state index < -0.39 is 0 Å². The molecule has 1 aromatic carbocycles. The summed E-state index contributed by atoms with van der Waals surface area (Å²) in [7, 11) is 0. The van der Waals surface area contributed by atoms with Gasteiger partial charge in [0.05, 0.1) is 6.10 Å². The predicted octanol–water partition coefficient (Wildman–Crippen LogP) is 2.74. The van der Waals surface area contributed by atoms with Gasteiger partial charge in [0.25, 0.3) is 5.91 Å². The molecule has 7 heteroatoms. The third-order valence-electron chi connectivity index (χ3n) is 6.85. The Hall–Kier alpha value is -1.86. The van der Waals surface area contributed by atoms with Crippen molar-refractivity contribution in [1.82, 2.24) is 15.1 Å². The molecule has 1 amide bonds. The molecule has 1 N–H and O–H groups in total. The number of carbonyl (C=O) groups is 1. The normalized spacial score (nSPS) is 23.0. The number of aryl methyl sites for hydroxylation is 1. The lowest BCUT2D eigenvalue weighted by Crippen LogP contribution is -2.47. The van der Waals surface area contributed by atoms with Crippen molar-refractivity contribution in [3.8, 4) is 5.75 Å². The highest BCUT2D eigenvalue weighted by atomic mass is 32.1. The number of amides is 1. The summed E-state index contributed by atoms with van der Waals surface area (Å²) >= 11 is 5.64. The quantitative estimate of drug-likeness (QED) is 0.724. The van der Waals surface area contributed by atoms with Crippen LogP contribution in [-0.2, 0) is 9.53 Å². The molecule has 3 aliphatic rings. The van der Waals surface area contributed by atoms with E-state index in [1.165, 1.54) is 0 Å². The van der Waals surface area contributed by atoms with E-state index in [1.54, 1.807) is 0 Å². The maximum atomic E-state index is 12.6. The average Bonchev–Trinajstić information content (AvgIpc) is 3.42. The van der Waals surface area contributed by atoms with Crippen LogP contribution in [-0.4, -0.2) is 72.9 Å². The molecule has 0 bridgehead atoms. The predicted molar refractivity (Wildman–Crippen MR) is 121 cm³/mol. The molecule has 6 nitrogen and oxygen atoms in total. The second-order valence-corrected chi connectivity index (χ2v) is 9.31. The summed E-state index contributed by atoms with van der Waals surface area (Å²) in [5, 5.41) is 4.26. The van der Waals surface area contributed by atoms with Gasteiger partial charge in [0.15, 0.2) is 11.7 Å². The zero-order valence-electron chi connectivity index (χ0n) is 17.9. The number of benzene rings is 1. The lowest BCUT2D eigenvalue weighted by Gasteiger charge is -2.39. The average molecular weight is 432 g/mol. The number of hydrogen-bond donors (Lipinski definition) is 1. The van der Waals surface area contributed by atoms with E-state index in [1.807, 2.05) is 36.1 Å². The molecule has 1 spiro atoms. The number of nitrogens with zero attached hydrogens (tertiary/aromatic N) is 2. The van der Waals surface area contributed by atoms with Crippen molar-refractivity contribution >= 4 is 23.2 Å².